The molecule has 0 bridgehead atoms. The highest BCUT2D eigenvalue weighted by atomic mass is 16.5. The lowest BCUT2D eigenvalue weighted by atomic mass is 9.95. The third-order valence-electron chi connectivity index (χ3n) is 7.47. The van der Waals surface area contributed by atoms with E-state index in [1.165, 1.54) is 0 Å². The zero-order valence-corrected chi connectivity index (χ0v) is 20.1. The number of hydrogen-bond acceptors (Lipinski definition) is 5. The number of rotatable bonds is 5. The fourth-order valence-electron chi connectivity index (χ4n) is 5.50. The summed E-state index contributed by atoms with van der Waals surface area (Å²) in [5.41, 5.74) is 2.58. The molecule has 5 rings (SSSR count). The highest BCUT2D eigenvalue weighted by molar-refractivity contribution is 6.10. The molecule has 2 N–H and O–H groups in total. The Morgan fingerprint density at radius 3 is 2.54 bits per heavy atom. The highest BCUT2D eigenvalue weighted by Crippen LogP contribution is 2.37. The summed E-state index contributed by atoms with van der Waals surface area (Å²) in [6.07, 6.45) is 5.11. The lowest BCUT2D eigenvalue weighted by molar-refractivity contribution is -0.127. The summed E-state index contributed by atoms with van der Waals surface area (Å²) >= 11 is 0. The van der Waals surface area contributed by atoms with Gasteiger partial charge in [0.1, 0.15) is 17.5 Å². The Morgan fingerprint density at radius 2 is 1.80 bits per heavy atom. The molecule has 0 radical (unpaired) electrons. The van der Waals surface area contributed by atoms with Crippen LogP contribution in [0, 0.1) is 5.92 Å². The number of anilines is 1. The Labute approximate surface area is 205 Å². The molecule has 2 aliphatic heterocycles. The minimum Gasteiger partial charge on any atom is -0.497 e. The molecule has 8 nitrogen and oxygen atoms in total. The molecule has 3 aliphatic rings. The van der Waals surface area contributed by atoms with Crippen LogP contribution in [-0.4, -0.2) is 55.5 Å². The van der Waals surface area contributed by atoms with Crippen LogP contribution in [0.4, 0.5) is 5.69 Å². The summed E-state index contributed by atoms with van der Waals surface area (Å²) in [4.78, 5) is 41.0. The minimum absolute atomic E-state index is 0.0789. The first-order chi connectivity index (χ1) is 17.0. The van der Waals surface area contributed by atoms with Crippen molar-refractivity contribution in [3.05, 3.63) is 42.0 Å². The number of amides is 3. The predicted molar refractivity (Wildman–Crippen MR) is 132 cm³/mol. The molecule has 1 saturated heterocycles. The molecule has 2 atom stereocenters. The Balaban J connectivity index is 1.38. The second-order valence-electron chi connectivity index (χ2n) is 9.54. The van der Waals surface area contributed by atoms with E-state index in [1.54, 1.807) is 37.3 Å². The first-order valence-electron chi connectivity index (χ1n) is 12.3. The van der Waals surface area contributed by atoms with Gasteiger partial charge in [-0.15, -0.1) is 0 Å². The van der Waals surface area contributed by atoms with Gasteiger partial charge in [0.05, 0.1) is 25.5 Å². The van der Waals surface area contributed by atoms with E-state index in [0.29, 0.717) is 42.1 Å². The first kappa shape index (κ1) is 23.2. The summed E-state index contributed by atoms with van der Waals surface area (Å²) < 4.78 is 10.8. The van der Waals surface area contributed by atoms with Crippen molar-refractivity contribution in [3.8, 4) is 22.6 Å². The number of benzene rings is 2. The smallest absolute Gasteiger partial charge is 0.256 e. The molecule has 35 heavy (non-hydrogen) atoms. The maximum atomic E-state index is 13.6. The van der Waals surface area contributed by atoms with E-state index in [-0.39, 0.29) is 29.7 Å². The van der Waals surface area contributed by atoms with Gasteiger partial charge in [-0.2, -0.15) is 0 Å². The Hall–Kier alpha value is -3.55. The second kappa shape index (κ2) is 9.60. The average Bonchev–Trinajstić information content (AvgIpc) is 3.40. The molecule has 0 spiro atoms. The number of hydrogen-bond donors (Lipinski definition) is 2. The molecular weight excluding hydrogens is 446 g/mol. The third-order valence-corrected chi connectivity index (χ3v) is 7.47. The fraction of sp³-hybridized carbons (Fsp3) is 0.444. The van der Waals surface area contributed by atoms with Gasteiger partial charge in [0.25, 0.3) is 5.91 Å². The number of fused-ring (bicyclic) bond motifs is 2. The Bertz CT molecular complexity index is 1160. The van der Waals surface area contributed by atoms with Crippen LogP contribution in [0.2, 0.25) is 0 Å². The summed E-state index contributed by atoms with van der Waals surface area (Å²) in [5.74, 6) is 1.07. The third kappa shape index (κ3) is 4.45. The van der Waals surface area contributed by atoms with Crippen molar-refractivity contribution >= 4 is 23.4 Å². The number of methoxy groups -OCH3 is 2. The van der Waals surface area contributed by atoms with Crippen molar-refractivity contribution in [1.29, 1.82) is 0 Å². The first-order valence-corrected chi connectivity index (χ1v) is 12.3. The van der Waals surface area contributed by atoms with Crippen molar-refractivity contribution in [2.45, 2.75) is 50.6 Å². The van der Waals surface area contributed by atoms with E-state index >= 15 is 0 Å². The maximum Gasteiger partial charge on any atom is 0.256 e. The molecule has 1 saturated carbocycles. The van der Waals surface area contributed by atoms with Crippen molar-refractivity contribution in [2.75, 3.05) is 26.1 Å². The monoisotopic (exact) mass is 477 g/mol. The van der Waals surface area contributed by atoms with Crippen molar-refractivity contribution in [3.63, 3.8) is 0 Å². The SMILES string of the molecule is COc1ccc(-c2ccc3c(c2)C(=O)N2CCC(NC(=O)C4CCCC4)CC2C(=O)N3)c(OC)c1. The molecule has 0 aromatic heterocycles. The summed E-state index contributed by atoms with van der Waals surface area (Å²) in [7, 11) is 3.19. The molecular formula is C27H31N3O5. The van der Waals surface area contributed by atoms with Gasteiger partial charge in [-0.1, -0.05) is 18.9 Å². The topological polar surface area (TPSA) is 97.0 Å². The fourth-order valence-corrected chi connectivity index (χ4v) is 5.50. The number of nitrogens with zero attached hydrogens (tertiary/aromatic N) is 1. The van der Waals surface area contributed by atoms with Crippen LogP contribution in [0.3, 0.4) is 0 Å². The van der Waals surface area contributed by atoms with Gasteiger partial charge >= 0.3 is 0 Å². The van der Waals surface area contributed by atoms with E-state index in [2.05, 4.69) is 10.6 Å². The van der Waals surface area contributed by atoms with Crippen molar-refractivity contribution in [1.82, 2.24) is 10.2 Å². The molecule has 2 aromatic carbocycles. The van der Waals surface area contributed by atoms with Crippen molar-refractivity contribution < 1.29 is 23.9 Å². The number of ether oxygens (including phenoxy) is 2. The van der Waals surface area contributed by atoms with Crippen LogP contribution >= 0.6 is 0 Å². The zero-order chi connectivity index (χ0) is 24.5. The molecule has 2 aromatic rings. The number of carbonyl (C=O) groups is 3. The lowest BCUT2D eigenvalue weighted by Crippen LogP contribution is -2.55. The van der Waals surface area contributed by atoms with Crippen LogP contribution < -0.4 is 20.1 Å². The van der Waals surface area contributed by atoms with Crippen LogP contribution in [0.15, 0.2) is 36.4 Å². The largest absolute Gasteiger partial charge is 0.497 e. The van der Waals surface area contributed by atoms with Gasteiger partial charge in [0, 0.05) is 30.1 Å². The van der Waals surface area contributed by atoms with Crippen LogP contribution in [0.5, 0.6) is 11.5 Å². The van der Waals surface area contributed by atoms with Crippen LogP contribution in [0.25, 0.3) is 11.1 Å². The van der Waals surface area contributed by atoms with Crippen molar-refractivity contribution in [2.24, 2.45) is 5.92 Å². The minimum atomic E-state index is -0.614. The maximum absolute atomic E-state index is 13.6. The van der Waals surface area contributed by atoms with Gasteiger partial charge in [-0.3, -0.25) is 14.4 Å². The van der Waals surface area contributed by atoms with Crippen LogP contribution in [-0.2, 0) is 9.59 Å². The standard InChI is InChI=1S/C27H31N3O5/c1-34-19-8-9-20(24(15-19)35-2)17-7-10-22-21(13-17)27(33)30-12-11-18(14-23(30)26(32)29-22)28-25(31)16-5-3-4-6-16/h7-10,13,15-16,18,23H,3-6,11-12,14H2,1-2H3,(H,28,31)(H,29,32). The highest BCUT2D eigenvalue weighted by Gasteiger charge is 2.40. The van der Waals surface area contributed by atoms with Crippen LogP contribution in [0.1, 0.15) is 48.9 Å². The van der Waals surface area contributed by atoms with E-state index in [9.17, 15) is 14.4 Å². The molecule has 2 heterocycles. The zero-order valence-electron chi connectivity index (χ0n) is 20.1. The molecule has 2 fully saturated rings. The summed E-state index contributed by atoms with van der Waals surface area (Å²) in [6.45, 7) is 0.419. The quantitative estimate of drug-likeness (QED) is 0.686. The Kier molecular flexibility index (Phi) is 6.36. The van der Waals surface area contributed by atoms with E-state index in [0.717, 1.165) is 36.8 Å². The molecule has 3 amide bonds. The van der Waals surface area contributed by atoms with Gasteiger partial charge in [0.2, 0.25) is 11.8 Å². The van der Waals surface area contributed by atoms with Gasteiger partial charge in [-0.25, -0.2) is 0 Å². The molecule has 184 valence electrons. The van der Waals surface area contributed by atoms with E-state index < -0.39 is 6.04 Å². The molecule has 8 heteroatoms. The summed E-state index contributed by atoms with van der Waals surface area (Å²) in [5, 5.41) is 6.08. The number of nitrogens with one attached hydrogen (secondary N) is 2. The lowest BCUT2D eigenvalue weighted by Gasteiger charge is -2.37. The van der Waals surface area contributed by atoms with Gasteiger partial charge in [-0.05, 0) is 55.5 Å². The van der Waals surface area contributed by atoms with E-state index in [1.807, 2.05) is 18.2 Å². The Morgan fingerprint density at radius 1 is 1.00 bits per heavy atom. The second-order valence-corrected chi connectivity index (χ2v) is 9.54. The van der Waals surface area contributed by atoms with Gasteiger partial charge < -0.3 is 25.0 Å². The molecule has 1 aliphatic carbocycles. The molecule has 2 unspecified atom stereocenters. The normalized spacial score (nSPS) is 22.1. The van der Waals surface area contributed by atoms with Gasteiger partial charge in [0.15, 0.2) is 0 Å². The predicted octanol–water partition coefficient (Wildman–Crippen LogP) is 3.60. The van der Waals surface area contributed by atoms with E-state index in [4.69, 9.17) is 9.47 Å². The number of carbonyl (C=O) groups excluding carboxylic acids is 3. The average molecular weight is 478 g/mol. The number of piperidine rings is 1. The summed E-state index contributed by atoms with van der Waals surface area (Å²) in [6, 6.07) is 10.2.